The van der Waals surface area contributed by atoms with Crippen molar-refractivity contribution in [1.29, 1.82) is 0 Å². The molecule has 1 aliphatic carbocycles. The van der Waals surface area contributed by atoms with Crippen molar-refractivity contribution in [2.45, 2.75) is 63.3 Å². The molecular formula is C31H39FN2O2. The van der Waals surface area contributed by atoms with Crippen LogP contribution in [-0.2, 0) is 21.5 Å². The van der Waals surface area contributed by atoms with Crippen molar-refractivity contribution < 1.29 is 13.9 Å². The number of ether oxygens (including phenoxy) is 1. The molecule has 1 heterocycles. The highest BCUT2D eigenvalue weighted by Gasteiger charge is 2.57. The van der Waals surface area contributed by atoms with Gasteiger partial charge >= 0.3 is 5.97 Å². The average Bonchev–Trinajstić information content (AvgIpc) is 3.37. The van der Waals surface area contributed by atoms with Crippen LogP contribution in [0.25, 0.3) is 4.85 Å². The molecule has 4 rings (SSSR count). The molecule has 4 nitrogen and oxygen atoms in total. The molecule has 2 aromatic carbocycles. The van der Waals surface area contributed by atoms with Crippen molar-refractivity contribution in [2.24, 2.45) is 17.8 Å². The lowest BCUT2D eigenvalue weighted by Crippen LogP contribution is -2.47. The number of hydrogen-bond acceptors (Lipinski definition) is 3. The van der Waals surface area contributed by atoms with E-state index in [4.69, 9.17) is 11.3 Å². The zero-order valence-electron chi connectivity index (χ0n) is 21.5. The Bertz CT molecular complexity index is 1030. The van der Waals surface area contributed by atoms with Gasteiger partial charge in [-0.2, -0.15) is 0 Å². The fourth-order valence-corrected chi connectivity index (χ4v) is 6.79. The Hall–Kier alpha value is -2.71. The van der Waals surface area contributed by atoms with Crippen molar-refractivity contribution in [3.05, 3.63) is 83.0 Å². The smallest absolute Gasteiger partial charge is 0.305 e. The number of nitrogens with zero attached hydrogens (tertiary/aromatic N) is 2. The van der Waals surface area contributed by atoms with Gasteiger partial charge in [-0.15, -0.1) is 0 Å². The number of methoxy groups -OCH3 is 1. The van der Waals surface area contributed by atoms with Gasteiger partial charge in [-0.1, -0.05) is 48.9 Å². The van der Waals surface area contributed by atoms with Gasteiger partial charge in [0, 0.05) is 23.8 Å². The molecule has 1 saturated heterocycles. The summed E-state index contributed by atoms with van der Waals surface area (Å²) in [4.78, 5) is 19.1. The van der Waals surface area contributed by atoms with E-state index in [1.54, 1.807) is 12.1 Å². The zero-order valence-corrected chi connectivity index (χ0v) is 21.5. The highest BCUT2D eigenvalue weighted by atomic mass is 19.1. The molecule has 0 aromatic heterocycles. The lowest BCUT2D eigenvalue weighted by Gasteiger charge is -2.42. The minimum absolute atomic E-state index is 0.0401. The molecule has 1 saturated carbocycles. The number of esters is 1. The first-order valence-electron chi connectivity index (χ1n) is 13.5. The lowest BCUT2D eigenvalue weighted by molar-refractivity contribution is -0.142. The maximum absolute atomic E-state index is 14.4. The molecule has 0 radical (unpaired) electrons. The van der Waals surface area contributed by atoms with E-state index < -0.39 is 5.54 Å². The molecule has 2 aromatic rings. The number of rotatable bonds is 10. The number of carbonyl (C=O) groups is 1. The predicted molar refractivity (Wildman–Crippen MR) is 141 cm³/mol. The predicted octanol–water partition coefficient (Wildman–Crippen LogP) is 6.65. The Morgan fingerprint density at radius 3 is 2.56 bits per heavy atom. The number of likely N-dealkylation sites (tertiary alicyclic amines) is 1. The number of aryl methyl sites for hydroxylation is 1. The van der Waals surface area contributed by atoms with E-state index in [-0.39, 0.29) is 29.5 Å². The molecule has 3 atom stereocenters. The van der Waals surface area contributed by atoms with Crippen LogP contribution in [0.15, 0.2) is 54.6 Å². The van der Waals surface area contributed by atoms with E-state index in [2.05, 4.69) is 40.1 Å². The molecular weight excluding hydrogens is 451 g/mol. The van der Waals surface area contributed by atoms with Gasteiger partial charge in [0.1, 0.15) is 5.82 Å². The standard InChI is InChI=1S/C31H39FN2O2/c1-33-31(27-14-9-15-28(32)23-27,29-16-8-13-25(29)22-30(35)36-2)26-17-20-34(21-18-26)19-7-6-12-24-10-4-3-5-11-24/h3-5,9-11,14-15,23,25-26,29H,6-8,12-13,16-22H2,2H3/t25-,29+,31-/m1/s1. The van der Waals surface area contributed by atoms with Gasteiger partial charge in [-0.25, -0.2) is 11.0 Å². The largest absolute Gasteiger partial charge is 0.469 e. The first-order chi connectivity index (χ1) is 17.6. The lowest BCUT2D eigenvalue weighted by atomic mass is 9.63. The maximum Gasteiger partial charge on any atom is 0.305 e. The Morgan fingerprint density at radius 1 is 1.08 bits per heavy atom. The highest BCUT2D eigenvalue weighted by molar-refractivity contribution is 5.69. The van der Waals surface area contributed by atoms with E-state index in [1.165, 1.54) is 31.6 Å². The molecule has 5 heteroatoms. The zero-order chi connectivity index (χ0) is 25.4. The first-order valence-corrected chi connectivity index (χ1v) is 13.5. The second kappa shape index (κ2) is 12.5. The van der Waals surface area contributed by atoms with Crippen molar-refractivity contribution in [2.75, 3.05) is 26.7 Å². The van der Waals surface area contributed by atoms with Gasteiger partial charge in [0.2, 0.25) is 0 Å². The highest BCUT2D eigenvalue weighted by Crippen LogP contribution is 2.54. The summed E-state index contributed by atoms with van der Waals surface area (Å²) in [6, 6.07) is 17.3. The van der Waals surface area contributed by atoms with Crippen LogP contribution in [-0.4, -0.2) is 37.6 Å². The van der Waals surface area contributed by atoms with Crippen LogP contribution in [0.3, 0.4) is 0 Å². The molecule has 2 fully saturated rings. The number of piperidine rings is 1. The van der Waals surface area contributed by atoms with Crippen LogP contribution in [0.5, 0.6) is 0 Å². The first kappa shape index (κ1) is 26.4. The number of halogens is 1. The third kappa shape index (κ3) is 5.98. The number of unbranched alkanes of at least 4 members (excludes halogenated alkanes) is 1. The molecule has 0 amide bonds. The molecule has 192 valence electrons. The fraction of sp³-hybridized carbons (Fsp3) is 0.548. The Morgan fingerprint density at radius 2 is 1.86 bits per heavy atom. The van der Waals surface area contributed by atoms with Gasteiger partial charge in [0.05, 0.1) is 7.11 Å². The van der Waals surface area contributed by atoms with Gasteiger partial charge in [-0.3, -0.25) is 4.79 Å². The van der Waals surface area contributed by atoms with Crippen molar-refractivity contribution >= 4 is 5.97 Å². The summed E-state index contributed by atoms with van der Waals surface area (Å²) in [6.45, 7) is 11.5. The van der Waals surface area contributed by atoms with Gasteiger partial charge in [0.15, 0.2) is 0 Å². The quantitative estimate of drug-likeness (QED) is 0.212. The van der Waals surface area contributed by atoms with Crippen molar-refractivity contribution in [3.8, 4) is 0 Å². The third-order valence-corrected chi connectivity index (χ3v) is 8.60. The normalized spacial score (nSPS) is 22.6. The van der Waals surface area contributed by atoms with Crippen LogP contribution < -0.4 is 0 Å². The van der Waals surface area contributed by atoms with E-state index in [0.29, 0.717) is 6.42 Å². The summed E-state index contributed by atoms with van der Waals surface area (Å²) in [5, 5.41) is 0. The van der Waals surface area contributed by atoms with Crippen LogP contribution in [0.4, 0.5) is 4.39 Å². The molecule has 36 heavy (non-hydrogen) atoms. The van der Waals surface area contributed by atoms with Gasteiger partial charge in [0.25, 0.3) is 5.54 Å². The van der Waals surface area contributed by atoms with Crippen LogP contribution in [0.2, 0.25) is 0 Å². The van der Waals surface area contributed by atoms with E-state index in [9.17, 15) is 9.18 Å². The molecule has 0 bridgehead atoms. The number of hydrogen-bond donors (Lipinski definition) is 0. The fourth-order valence-electron chi connectivity index (χ4n) is 6.79. The molecule has 0 N–H and O–H groups in total. The van der Waals surface area contributed by atoms with E-state index in [1.807, 2.05) is 6.07 Å². The van der Waals surface area contributed by atoms with Crippen molar-refractivity contribution in [1.82, 2.24) is 4.90 Å². The Kier molecular flexibility index (Phi) is 9.15. The third-order valence-electron chi connectivity index (χ3n) is 8.60. The van der Waals surface area contributed by atoms with Gasteiger partial charge < -0.3 is 14.5 Å². The van der Waals surface area contributed by atoms with E-state index >= 15 is 0 Å². The summed E-state index contributed by atoms with van der Waals surface area (Å²) in [7, 11) is 1.43. The van der Waals surface area contributed by atoms with Crippen LogP contribution in [0, 0.1) is 30.1 Å². The minimum Gasteiger partial charge on any atom is -0.469 e. The Balaban J connectivity index is 1.45. The second-order valence-corrected chi connectivity index (χ2v) is 10.6. The summed E-state index contributed by atoms with van der Waals surface area (Å²) in [5.41, 5.74) is 1.39. The van der Waals surface area contributed by atoms with Crippen molar-refractivity contribution in [3.63, 3.8) is 0 Å². The second-order valence-electron chi connectivity index (χ2n) is 10.6. The minimum atomic E-state index is -0.795. The van der Waals surface area contributed by atoms with Crippen LogP contribution in [0.1, 0.15) is 62.5 Å². The summed E-state index contributed by atoms with van der Waals surface area (Å²) in [6.07, 6.45) is 8.48. The average molecular weight is 491 g/mol. The molecule has 1 aliphatic heterocycles. The van der Waals surface area contributed by atoms with Crippen LogP contribution >= 0.6 is 0 Å². The molecule has 0 spiro atoms. The SMILES string of the molecule is [C-]#[N+][C@@](c1cccc(F)c1)(C1CCN(CCCCc2ccccc2)CC1)[C@H]1CCC[C@@H]1CC(=O)OC. The van der Waals surface area contributed by atoms with Gasteiger partial charge in [-0.05, 0) is 88.2 Å². The summed E-state index contributed by atoms with van der Waals surface area (Å²) >= 11 is 0. The van der Waals surface area contributed by atoms with E-state index in [0.717, 1.165) is 63.7 Å². The maximum atomic E-state index is 14.4. The molecule has 0 unspecified atom stereocenters. The Labute approximate surface area is 215 Å². The number of carbonyl (C=O) groups excluding carboxylic acids is 1. The summed E-state index contributed by atoms with van der Waals surface area (Å²) < 4.78 is 19.4. The topological polar surface area (TPSA) is 33.9 Å². The number of benzene rings is 2. The molecule has 2 aliphatic rings. The summed E-state index contributed by atoms with van der Waals surface area (Å²) in [5.74, 6) is -0.209. The monoisotopic (exact) mass is 490 g/mol.